The van der Waals surface area contributed by atoms with Gasteiger partial charge in [-0.25, -0.2) is 0 Å². The molecule has 0 aromatic heterocycles. The van der Waals surface area contributed by atoms with Crippen molar-refractivity contribution in [2.45, 2.75) is 50.9 Å². The van der Waals surface area contributed by atoms with E-state index in [1.807, 2.05) is 0 Å². The lowest BCUT2D eigenvalue weighted by Gasteiger charge is -2.25. The molecule has 0 spiro atoms. The van der Waals surface area contributed by atoms with E-state index in [9.17, 15) is 0 Å². The molecule has 0 amide bonds. The number of rotatable bonds is 14. The third kappa shape index (κ3) is 10.8. The van der Waals surface area contributed by atoms with Gasteiger partial charge in [-0.1, -0.05) is 37.5 Å². The Morgan fingerprint density at radius 3 is 1.48 bits per heavy atom. The molecule has 1 unspecified atom stereocenters. The van der Waals surface area contributed by atoms with Crippen LogP contribution in [-0.2, 0) is 29.5 Å². The zero-order chi connectivity index (χ0) is 17.9. The summed E-state index contributed by atoms with van der Waals surface area (Å²) in [4.78, 5) is 0. The van der Waals surface area contributed by atoms with Gasteiger partial charge in [0, 0.05) is 28.4 Å². The van der Waals surface area contributed by atoms with Gasteiger partial charge < -0.3 is 17.7 Å². The summed E-state index contributed by atoms with van der Waals surface area (Å²) < 4.78 is 22.3. The molecular weight excluding hydrogens is 383 g/mol. The molecule has 0 aromatic rings. The Kier molecular flexibility index (Phi) is 13.3. The Labute approximate surface area is 156 Å². The van der Waals surface area contributed by atoms with Crippen LogP contribution in [0.2, 0.25) is 25.2 Å². The van der Waals surface area contributed by atoms with Crippen LogP contribution >= 0.6 is 18.1 Å². The zero-order valence-electron chi connectivity index (χ0n) is 15.5. The lowest BCUT2D eigenvalue weighted by atomic mass is 10.0. The summed E-state index contributed by atoms with van der Waals surface area (Å²) in [5.41, 5.74) is 0. The van der Waals surface area contributed by atoms with Gasteiger partial charge in [-0.2, -0.15) is 0 Å². The van der Waals surface area contributed by atoms with Crippen molar-refractivity contribution in [2.75, 3.05) is 34.6 Å². The lowest BCUT2D eigenvalue weighted by molar-refractivity contribution is 0.245. The van der Waals surface area contributed by atoms with Crippen LogP contribution in [0.15, 0.2) is 0 Å². The van der Waals surface area contributed by atoms with Crippen LogP contribution in [0.3, 0.4) is 0 Å². The van der Waals surface area contributed by atoms with Crippen LogP contribution in [0, 0.1) is 5.92 Å². The second-order valence-corrected chi connectivity index (χ2v) is 18.7. The van der Waals surface area contributed by atoms with Crippen LogP contribution in [0.4, 0.5) is 0 Å². The normalized spacial score (nSPS) is 14.4. The fraction of sp³-hybridized carbons (Fsp3) is 1.00. The van der Waals surface area contributed by atoms with Gasteiger partial charge in [-0.05, 0) is 43.2 Å². The van der Waals surface area contributed by atoms with Crippen molar-refractivity contribution < 1.29 is 17.7 Å². The Morgan fingerprint density at radius 1 is 0.870 bits per heavy atom. The summed E-state index contributed by atoms with van der Waals surface area (Å²) >= 11 is 9.88. The highest BCUT2D eigenvalue weighted by Gasteiger charge is 2.30. The average molecular weight is 419 g/mol. The van der Waals surface area contributed by atoms with E-state index in [4.69, 9.17) is 29.5 Å². The highest BCUT2D eigenvalue weighted by Crippen LogP contribution is 2.34. The maximum atomic E-state index is 5.56. The van der Waals surface area contributed by atoms with Gasteiger partial charge in [-0.15, -0.1) is 12.2 Å². The molecule has 0 aromatic carbocycles. The van der Waals surface area contributed by atoms with E-state index in [0.29, 0.717) is 5.92 Å². The molecule has 4 nitrogen and oxygen atoms in total. The zero-order valence-corrected chi connectivity index (χ0v) is 20.2. The molecule has 0 saturated heterocycles. The van der Waals surface area contributed by atoms with Crippen molar-refractivity contribution in [3.63, 3.8) is 0 Å². The Bertz CT molecular complexity index is 319. The lowest BCUT2D eigenvalue weighted by Crippen LogP contribution is -2.36. The van der Waals surface area contributed by atoms with Gasteiger partial charge in [0.2, 0.25) is 0 Å². The largest absolute Gasteiger partial charge is 0.398 e. The molecule has 0 aliphatic carbocycles. The summed E-state index contributed by atoms with van der Waals surface area (Å²) in [5.74, 6) is -0.259. The van der Waals surface area contributed by atoms with Crippen molar-refractivity contribution in [3.05, 3.63) is 0 Å². The molecule has 0 heterocycles. The van der Waals surface area contributed by atoms with Crippen molar-refractivity contribution in [3.8, 4) is 0 Å². The molecule has 0 rings (SSSR count). The minimum atomic E-state index is -1.95. The minimum Gasteiger partial charge on any atom is -0.398 e. The van der Waals surface area contributed by atoms with Crippen LogP contribution < -0.4 is 0 Å². The molecular formula is C14H35O4PS2Si2. The SMILES string of the molecule is CO[Si](C)(CCCC(CCC[Si](C)(OC)OC)C[PH](=S)S)OC. The highest BCUT2D eigenvalue weighted by molar-refractivity contribution is 8.56. The minimum absolute atomic E-state index is 0.651. The van der Waals surface area contributed by atoms with Gasteiger partial charge in [0.1, 0.15) is 0 Å². The van der Waals surface area contributed by atoms with E-state index in [1.165, 1.54) is 12.8 Å². The fourth-order valence-electron chi connectivity index (χ4n) is 2.59. The first-order valence-electron chi connectivity index (χ1n) is 8.16. The van der Waals surface area contributed by atoms with Crippen molar-refractivity contribution in [1.82, 2.24) is 0 Å². The van der Waals surface area contributed by atoms with Gasteiger partial charge in [0.15, 0.2) is 0 Å². The first-order valence-corrected chi connectivity index (χ1v) is 17.3. The van der Waals surface area contributed by atoms with Crippen molar-refractivity contribution >= 4 is 47.1 Å². The molecule has 0 N–H and O–H groups in total. The molecule has 0 saturated carbocycles. The molecule has 0 aliphatic rings. The standard InChI is InChI=1S/C14H35O4PS2Si2/c1-15-22(5,16-2)11-7-9-14(13-19(20)21)10-8-12-23(6,17-3)18-4/h14,19H,7-13H2,1-6H3,(H,20,21). The summed E-state index contributed by atoms with van der Waals surface area (Å²) in [6, 6.07) is 2.07. The van der Waals surface area contributed by atoms with E-state index in [2.05, 4.69) is 25.3 Å². The average Bonchev–Trinajstić information content (AvgIpc) is 2.53. The highest BCUT2D eigenvalue weighted by atomic mass is 32.9. The molecule has 23 heavy (non-hydrogen) atoms. The van der Waals surface area contributed by atoms with E-state index in [1.54, 1.807) is 28.4 Å². The number of hydrogen-bond acceptors (Lipinski definition) is 5. The van der Waals surface area contributed by atoms with E-state index in [0.717, 1.165) is 31.1 Å². The molecule has 140 valence electrons. The molecule has 0 radical (unpaired) electrons. The second-order valence-electron chi connectivity index (χ2n) is 6.33. The first-order chi connectivity index (χ1) is 10.7. The maximum Gasteiger partial charge on any atom is 0.334 e. The number of hydrogen-bond donors (Lipinski definition) is 1. The van der Waals surface area contributed by atoms with Gasteiger partial charge in [-0.3, -0.25) is 0 Å². The Hall–Kier alpha value is 1.27. The topological polar surface area (TPSA) is 36.9 Å². The summed E-state index contributed by atoms with van der Waals surface area (Å²) in [6.07, 6.45) is 5.71. The number of thiol groups is 1. The van der Waals surface area contributed by atoms with Gasteiger partial charge >= 0.3 is 17.1 Å². The van der Waals surface area contributed by atoms with Crippen LogP contribution in [0.25, 0.3) is 0 Å². The van der Waals surface area contributed by atoms with Crippen LogP contribution in [0.1, 0.15) is 25.7 Å². The summed E-state index contributed by atoms with van der Waals surface area (Å²) in [6.45, 7) is 4.24. The summed E-state index contributed by atoms with van der Waals surface area (Å²) in [7, 11) is 3.13. The monoisotopic (exact) mass is 418 g/mol. The quantitative estimate of drug-likeness (QED) is 0.257. The molecule has 0 aliphatic heterocycles. The van der Waals surface area contributed by atoms with Gasteiger partial charge in [0.05, 0.1) is 0 Å². The van der Waals surface area contributed by atoms with Crippen LogP contribution in [0.5, 0.6) is 0 Å². The first kappa shape index (κ1) is 24.3. The maximum absolute atomic E-state index is 5.56. The van der Waals surface area contributed by atoms with E-state index < -0.39 is 23.0 Å². The third-order valence-corrected chi connectivity index (χ3v) is 12.6. The van der Waals surface area contributed by atoms with E-state index in [-0.39, 0.29) is 0 Å². The van der Waals surface area contributed by atoms with E-state index >= 15 is 0 Å². The van der Waals surface area contributed by atoms with Gasteiger partial charge in [0.25, 0.3) is 0 Å². The third-order valence-electron chi connectivity index (χ3n) is 4.68. The van der Waals surface area contributed by atoms with Crippen molar-refractivity contribution in [2.24, 2.45) is 5.92 Å². The van der Waals surface area contributed by atoms with Crippen molar-refractivity contribution in [1.29, 1.82) is 0 Å². The predicted octanol–water partition coefficient (Wildman–Crippen LogP) is 4.41. The molecule has 9 heteroatoms. The summed E-state index contributed by atoms with van der Waals surface area (Å²) in [5, 5.41) is 0. The molecule has 0 fully saturated rings. The molecule has 0 bridgehead atoms. The second kappa shape index (κ2) is 12.6. The Balaban J connectivity index is 4.34. The fourth-order valence-corrected chi connectivity index (χ4v) is 7.82. The Morgan fingerprint density at radius 2 is 1.22 bits per heavy atom. The smallest absolute Gasteiger partial charge is 0.334 e. The predicted molar refractivity (Wildman–Crippen MR) is 112 cm³/mol. The van der Waals surface area contributed by atoms with Crippen LogP contribution in [-0.4, -0.2) is 51.7 Å². The molecule has 1 atom stereocenters.